The Balaban J connectivity index is 4.14. The van der Waals surface area contributed by atoms with Gasteiger partial charge in [-0.15, -0.1) is 0 Å². The molecular weight excluding hydrogens is 1020 g/mol. The SMILES string of the molecule is CC/C=C\C/C=C\C/C=C\C/C=C\C/C=C\CCCCCCCCCCCCCCCCCCCCCC(=O)OCC(COC(=O)CCCCCCC/C=C\CCCCCCC)OC(=O)CCCCCCC/C=C\CCCCCCCCC. The number of carbonyl (C=O) groups is 3. The molecule has 0 aliphatic rings. The molecule has 0 aromatic carbocycles. The summed E-state index contributed by atoms with van der Waals surface area (Å²) in [5, 5.41) is 0. The van der Waals surface area contributed by atoms with Crippen molar-refractivity contribution in [3.05, 3.63) is 85.1 Å². The van der Waals surface area contributed by atoms with Gasteiger partial charge in [0.05, 0.1) is 0 Å². The van der Waals surface area contributed by atoms with Gasteiger partial charge < -0.3 is 14.2 Å². The van der Waals surface area contributed by atoms with E-state index in [0.717, 1.165) is 103 Å². The number of unbranched alkanes of at least 4 members (excludes halogenated alkanes) is 41. The highest BCUT2D eigenvalue weighted by Gasteiger charge is 2.19. The van der Waals surface area contributed by atoms with Crippen molar-refractivity contribution in [3.8, 4) is 0 Å². The molecule has 0 bridgehead atoms. The summed E-state index contributed by atoms with van der Waals surface area (Å²) in [6.45, 7) is 6.55. The van der Waals surface area contributed by atoms with Crippen LogP contribution < -0.4 is 0 Å². The molecule has 0 saturated carbocycles. The van der Waals surface area contributed by atoms with E-state index in [1.807, 2.05) is 0 Å². The molecule has 0 amide bonds. The average molecular weight is 1160 g/mol. The van der Waals surface area contributed by atoms with E-state index in [0.29, 0.717) is 19.3 Å². The smallest absolute Gasteiger partial charge is 0.306 e. The molecule has 6 nitrogen and oxygen atoms in total. The summed E-state index contributed by atoms with van der Waals surface area (Å²) in [4.78, 5) is 38.4. The van der Waals surface area contributed by atoms with Crippen molar-refractivity contribution in [2.75, 3.05) is 13.2 Å². The highest BCUT2D eigenvalue weighted by molar-refractivity contribution is 5.71. The summed E-state index contributed by atoms with van der Waals surface area (Å²) in [6.07, 6.45) is 94.8. The maximum absolute atomic E-state index is 12.9. The van der Waals surface area contributed by atoms with Crippen LogP contribution in [0.4, 0.5) is 0 Å². The van der Waals surface area contributed by atoms with Gasteiger partial charge in [0.2, 0.25) is 0 Å². The van der Waals surface area contributed by atoms with E-state index in [-0.39, 0.29) is 31.1 Å². The lowest BCUT2D eigenvalue weighted by Crippen LogP contribution is -2.30. The van der Waals surface area contributed by atoms with Crippen LogP contribution in [0.5, 0.6) is 0 Å². The summed E-state index contributed by atoms with van der Waals surface area (Å²) in [6, 6.07) is 0. The van der Waals surface area contributed by atoms with Gasteiger partial charge in [-0.25, -0.2) is 0 Å². The maximum Gasteiger partial charge on any atom is 0.306 e. The molecule has 83 heavy (non-hydrogen) atoms. The largest absolute Gasteiger partial charge is 0.462 e. The summed E-state index contributed by atoms with van der Waals surface area (Å²) < 4.78 is 17.0. The minimum Gasteiger partial charge on any atom is -0.462 e. The van der Waals surface area contributed by atoms with Crippen LogP contribution in [0.3, 0.4) is 0 Å². The fourth-order valence-corrected chi connectivity index (χ4v) is 10.5. The molecular formula is C77H136O6. The predicted octanol–water partition coefficient (Wildman–Crippen LogP) is 25.0. The van der Waals surface area contributed by atoms with Crippen LogP contribution in [-0.2, 0) is 28.6 Å². The molecule has 6 heteroatoms. The van der Waals surface area contributed by atoms with Crippen LogP contribution in [0.15, 0.2) is 85.1 Å². The van der Waals surface area contributed by atoms with Crippen molar-refractivity contribution < 1.29 is 28.6 Å². The van der Waals surface area contributed by atoms with Crippen LogP contribution in [0.1, 0.15) is 367 Å². The standard InChI is InChI=1S/C77H136O6/c1-4-7-10-13-16-19-22-25-28-30-31-32-33-34-35-36-37-38-39-40-41-42-43-44-45-46-47-48-50-52-55-58-61-64-67-70-76(79)82-73-74(72-81-75(78)69-66-63-60-57-54-51-27-24-21-18-15-12-9-6-3)83-77(80)71-68-65-62-59-56-53-49-29-26-23-20-17-14-11-8-5-2/h7,10,16,19,24-25,27-29,31-32,34-35,49,74H,4-6,8-9,11-15,17-18,20-23,26,30,33,36-48,50-73H2,1-3H3/b10-7-,19-16-,27-24-,28-25-,32-31-,35-34-,49-29-. The number of hydrogen-bond donors (Lipinski definition) is 0. The minimum absolute atomic E-state index is 0.0774. The van der Waals surface area contributed by atoms with Gasteiger partial charge in [-0.2, -0.15) is 0 Å². The first-order chi connectivity index (χ1) is 41.0. The molecule has 0 saturated heterocycles. The van der Waals surface area contributed by atoms with E-state index in [9.17, 15) is 14.4 Å². The molecule has 0 aromatic rings. The number of carbonyl (C=O) groups excluding carboxylic acids is 3. The number of allylic oxidation sites excluding steroid dienone is 14. The van der Waals surface area contributed by atoms with Crippen molar-refractivity contribution in [3.63, 3.8) is 0 Å². The molecule has 0 heterocycles. The van der Waals surface area contributed by atoms with Crippen LogP contribution in [0.2, 0.25) is 0 Å². The lowest BCUT2D eigenvalue weighted by atomic mass is 10.0. The zero-order valence-corrected chi connectivity index (χ0v) is 55.2. The van der Waals surface area contributed by atoms with Gasteiger partial charge in [-0.05, 0) is 116 Å². The highest BCUT2D eigenvalue weighted by Crippen LogP contribution is 2.18. The molecule has 1 atom stereocenters. The normalized spacial score (nSPS) is 12.6. The third kappa shape index (κ3) is 69.3. The van der Waals surface area contributed by atoms with E-state index < -0.39 is 6.10 Å². The molecule has 0 aliphatic heterocycles. The molecule has 0 rings (SSSR count). The van der Waals surface area contributed by atoms with Gasteiger partial charge in [0, 0.05) is 19.3 Å². The molecule has 1 unspecified atom stereocenters. The van der Waals surface area contributed by atoms with E-state index in [1.165, 1.54) is 225 Å². The Morgan fingerprint density at radius 1 is 0.253 bits per heavy atom. The van der Waals surface area contributed by atoms with Crippen LogP contribution in [0.25, 0.3) is 0 Å². The maximum atomic E-state index is 12.9. The third-order valence-electron chi connectivity index (χ3n) is 15.9. The van der Waals surface area contributed by atoms with E-state index in [1.54, 1.807) is 0 Å². The Morgan fingerprint density at radius 2 is 0.470 bits per heavy atom. The Hall–Kier alpha value is -3.41. The highest BCUT2D eigenvalue weighted by atomic mass is 16.6. The topological polar surface area (TPSA) is 78.9 Å². The van der Waals surface area contributed by atoms with Crippen molar-refractivity contribution in [2.24, 2.45) is 0 Å². The molecule has 0 spiro atoms. The lowest BCUT2D eigenvalue weighted by Gasteiger charge is -2.18. The molecule has 0 aromatic heterocycles. The van der Waals surface area contributed by atoms with Crippen LogP contribution >= 0.6 is 0 Å². The molecule has 0 radical (unpaired) electrons. The van der Waals surface area contributed by atoms with Crippen molar-refractivity contribution >= 4 is 17.9 Å². The lowest BCUT2D eigenvalue weighted by molar-refractivity contribution is -0.167. The number of rotatable bonds is 66. The number of ether oxygens (including phenoxy) is 3. The summed E-state index contributed by atoms with van der Waals surface area (Å²) >= 11 is 0. The second kappa shape index (κ2) is 71.1. The third-order valence-corrected chi connectivity index (χ3v) is 15.9. The number of esters is 3. The molecule has 0 fully saturated rings. The van der Waals surface area contributed by atoms with Gasteiger partial charge in [-0.1, -0.05) is 318 Å². The van der Waals surface area contributed by atoms with Gasteiger partial charge >= 0.3 is 17.9 Å². The first-order valence-corrected chi connectivity index (χ1v) is 36.1. The van der Waals surface area contributed by atoms with Gasteiger partial charge in [0.1, 0.15) is 13.2 Å². The van der Waals surface area contributed by atoms with Crippen molar-refractivity contribution in [1.82, 2.24) is 0 Å². The van der Waals surface area contributed by atoms with E-state index >= 15 is 0 Å². The van der Waals surface area contributed by atoms with Crippen LogP contribution in [0, 0.1) is 0 Å². The first kappa shape index (κ1) is 79.6. The molecule has 0 N–H and O–H groups in total. The Kier molecular flexibility index (Phi) is 68.2. The Bertz CT molecular complexity index is 1570. The second-order valence-corrected chi connectivity index (χ2v) is 24.1. The Morgan fingerprint density at radius 3 is 0.747 bits per heavy atom. The first-order valence-electron chi connectivity index (χ1n) is 36.1. The van der Waals surface area contributed by atoms with Gasteiger partial charge in [0.15, 0.2) is 6.10 Å². The van der Waals surface area contributed by atoms with Crippen molar-refractivity contribution in [1.29, 1.82) is 0 Å². The van der Waals surface area contributed by atoms with Gasteiger partial charge in [0.25, 0.3) is 0 Å². The number of hydrogen-bond acceptors (Lipinski definition) is 6. The summed E-state index contributed by atoms with van der Waals surface area (Å²) in [5.74, 6) is -0.874. The monoisotopic (exact) mass is 1160 g/mol. The predicted molar refractivity (Wildman–Crippen MR) is 362 cm³/mol. The molecule has 0 aliphatic carbocycles. The molecule has 480 valence electrons. The zero-order chi connectivity index (χ0) is 59.9. The van der Waals surface area contributed by atoms with Crippen molar-refractivity contribution in [2.45, 2.75) is 374 Å². The minimum atomic E-state index is -0.782. The zero-order valence-electron chi connectivity index (χ0n) is 55.2. The Labute approximate surface area is 515 Å². The summed E-state index contributed by atoms with van der Waals surface area (Å²) in [5.41, 5.74) is 0. The quantitative estimate of drug-likeness (QED) is 0.0261. The van der Waals surface area contributed by atoms with Crippen LogP contribution in [-0.4, -0.2) is 37.2 Å². The summed E-state index contributed by atoms with van der Waals surface area (Å²) in [7, 11) is 0. The van der Waals surface area contributed by atoms with E-state index in [4.69, 9.17) is 14.2 Å². The average Bonchev–Trinajstić information content (AvgIpc) is 3.49. The fourth-order valence-electron chi connectivity index (χ4n) is 10.5. The second-order valence-electron chi connectivity index (χ2n) is 24.1. The van der Waals surface area contributed by atoms with Gasteiger partial charge in [-0.3, -0.25) is 14.4 Å². The van der Waals surface area contributed by atoms with E-state index in [2.05, 4.69) is 106 Å². The fraction of sp³-hybridized carbons (Fsp3) is 0.779.